The van der Waals surface area contributed by atoms with Crippen LogP contribution < -0.4 is 11.5 Å². The van der Waals surface area contributed by atoms with Crippen LogP contribution in [0, 0.1) is 6.92 Å². The largest absolute Gasteiger partial charge is 0.459 e. The quantitative estimate of drug-likeness (QED) is 0.466. The van der Waals surface area contributed by atoms with E-state index in [1.807, 2.05) is 0 Å². The fourth-order valence-electron chi connectivity index (χ4n) is 0.997. The van der Waals surface area contributed by atoms with Crippen LogP contribution in [0.5, 0.6) is 0 Å². The average Bonchev–Trinajstić information content (AvgIpc) is 2.44. The predicted molar refractivity (Wildman–Crippen MR) is 62.9 cm³/mol. The fraction of sp³-hybridized carbons (Fsp3) is 0.444. The van der Waals surface area contributed by atoms with Crippen molar-refractivity contribution in [3.63, 3.8) is 0 Å². The summed E-state index contributed by atoms with van der Waals surface area (Å²) in [4.78, 5) is 19.9. The number of esters is 1. The molecule has 0 saturated carbocycles. The van der Waals surface area contributed by atoms with Gasteiger partial charge in [0.25, 0.3) is 0 Å². The minimum Gasteiger partial charge on any atom is -0.459 e. The summed E-state index contributed by atoms with van der Waals surface area (Å²) in [5.41, 5.74) is 11.0. The second-order valence-corrected chi connectivity index (χ2v) is 4.38. The molecule has 0 aliphatic heterocycles. The second kappa shape index (κ2) is 4.93. The van der Waals surface area contributed by atoms with E-state index in [9.17, 15) is 4.79 Å². The molecular weight excluding hydrogens is 228 g/mol. The van der Waals surface area contributed by atoms with Crippen LogP contribution in [-0.4, -0.2) is 23.0 Å². The molecule has 0 fully saturated rings. The van der Waals surface area contributed by atoms with Gasteiger partial charge in [-0.15, -0.1) is 0 Å². The summed E-state index contributed by atoms with van der Waals surface area (Å²) < 4.78 is 5.06. The van der Waals surface area contributed by atoms with Crippen molar-refractivity contribution >= 4 is 28.4 Å². The zero-order valence-electron chi connectivity index (χ0n) is 9.35. The summed E-state index contributed by atoms with van der Waals surface area (Å²) in [6.45, 7) is 5.27. The Morgan fingerprint density at radius 3 is 2.62 bits per heavy atom. The van der Waals surface area contributed by atoms with Gasteiger partial charge in [0.05, 0.1) is 11.8 Å². The third-order valence-electron chi connectivity index (χ3n) is 1.54. The summed E-state index contributed by atoms with van der Waals surface area (Å²) in [5.74, 6) is -0.487. The monoisotopic (exact) mass is 242 g/mol. The third kappa shape index (κ3) is 3.20. The Hall–Kier alpha value is -1.63. The first-order valence-corrected chi connectivity index (χ1v) is 5.50. The van der Waals surface area contributed by atoms with Gasteiger partial charge in [-0.05, 0) is 20.8 Å². The highest BCUT2D eigenvalue weighted by molar-refractivity contribution is 7.17. The molecule has 1 heterocycles. The maximum Gasteiger partial charge on any atom is 0.350 e. The van der Waals surface area contributed by atoms with E-state index in [4.69, 9.17) is 16.2 Å². The number of nitrogens with zero attached hydrogens (tertiary/aromatic N) is 2. The molecule has 0 bridgehead atoms. The van der Waals surface area contributed by atoms with Crippen molar-refractivity contribution < 1.29 is 9.53 Å². The molecular formula is C9H14N4O2S. The second-order valence-electron chi connectivity index (χ2n) is 3.40. The smallest absolute Gasteiger partial charge is 0.350 e. The molecule has 88 valence electrons. The number of rotatable bonds is 3. The number of aliphatic imine (C=N–C) groups is 1. The van der Waals surface area contributed by atoms with Crippen molar-refractivity contribution in [2.45, 2.75) is 26.9 Å². The summed E-state index contributed by atoms with van der Waals surface area (Å²) >= 11 is 1.10. The van der Waals surface area contributed by atoms with Crippen LogP contribution in [0.1, 0.15) is 29.2 Å². The molecule has 0 radical (unpaired) electrons. The van der Waals surface area contributed by atoms with E-state index in [-0.39, 0.29) is 12.1 Å². The average molecular weight is 242 g/mol. The maximum atomic E-state index is 11.6. The predicted octanol–water partition coefficient (Wildman–Crippen LogP) is 0.922. The van der Waals surface area contributed by atoms with Crippen molar-refractivity contribution in [3.8, 4) is 0 Å². The van der Waals surface area contributed by atoms with E-state index in [1.54, 1.807) is 20.8 Å². The molecule has 16 heavy (non-hydrogen) atoms. The minimum absolute atomic E-state index is 0.0856. The van der Waals surface area contributed by atoms with Crippen molar-refractivity contribution in [3.05, 3.63) is 10.6 Å². The molecule has 1 rings (SSSR count). The Balaban J connectivity index is 2.94. The molecule has 4 N–H and O–H groups in total. The van der Waals surface area contributed by atoms with Crippen LogP contribution in [0.3, 0.4) is 0 Å². The number of carbonyl (C=O) groups excluding carboxylic acids is 1. The zero-order valence-corrected chi connectivity index (χ0v) is 10.2. The van der Waals surface area contributed by atoms with Gasteiger partial charge in [0.15, 0.2) is 5.96 Å². The van der Waals surface area contributed by atoms with E-state index in [0.717, 1.165) is 11.3 Å². The Kier molecular flexibility index (Phi) is 3.83. The first kappa shape index (κ1) is 12.4. The van der Waals surface area contributed by atoms with E-state index >= 15 is 0 Å². The Bertz CT molecular complexity index is 421. The van der Waals surface area contributed by atoms with Crippen LogP contribution in [-0.2, 0) is 4.74 Å². The molecule has 0 saturated heterocycles. The van der Waals surface area contributed by atoms with Gasteiger partial charge in [0.1, 0.15) is 4.88 Å². The molecule has 1 aromatic heterocycles. The van der Waals surface area contributed by atoms with Crippen molar-refractivity contribution in [2.75, 3.05) is 0 Å². The van der Waals surface area contributed by atoms with Crippen LogP contribution in [0.4, 0.5) is 5.13 Å². The van der Waals surface area contributed by atoms with Gasteiger partial charge in [-0.3, -0.25) is 0 Å². The van der Waals surface area contributed by atoms with Gasteiger partial charge in [-0.25, -0.2) is 9.78 Å². The molecule has 7 heteroatoms. The molecule has 0 aromatic carbocycles. The number of nitrogens with two attached hydrogens (primary N) is 2. The molecule has 0 aliphatic carbocycles. The van der Waals surface area contributed by atoms with E-state index in [1.165, 1.54) is 0 Å². The lowest BCUT2D eigenvalue weighted by Gasteiger charge is -2.05. The summed E-state index contributed by atoms with van der Waals surface area (Å²) in [6, 6.07) is 0. The number of hydrogen-bond acceptors (Lipinski definition) is 5. The zero-order chi connectivity index (χ0) is 12.3. The Morgan fingerprint density at radius 2 is 2.12 bits per heavy atom. The van der Waals surface area contributed by atoms with Gasteiger partial charge in [0, 0.05) is 0 Å². The summed E-state index contributed by atoms with van der Waals surface area (Å²) in [7, 11) is 0. The summed E-state index contributed by atoms with van der Waals surface area (Å²) in [5, 5.41) is 0.355. The number of hydrogen-bond donors (Lipinski definition) is 2. The molecule has 0 atom stereocenters. The summed E-state index contributed by atoms with van der Waals surface area (Å²) in [6.07, 6.45) is -0.166. The first-order chi connectivity index (χ1) is 7.40. The molecule has 6 nitrogen and oxygen atoms in total. The lowest BCUT2D eigenvalue weighted by Crippen LogP contribution is -2.21. The first-order valence-electron chi connectivity index (χ1n) is 4.68. The van der Waals surface area contributed by atoms with Gasteiger partial charge < -0.3 is 16.2 Å². The molecule has 0 spiro atoms. The van der Waals surface area contributed by atoms with Crippen LogP contribution in [0.25, 0.3) is 0 Å². The van der Waals surface area contributed by atoms with Gasteiger partial charge in [-0.1, -0.05) is 11.3 Å². The highest BCUT2D eigenvalue weighted by atomic mass is 32.1. The minimum atomic E-state index is -0.401. The van der Waals surface area contributed by atoms with Gasteiger partial charge >= 0.3 is 5.97 Å². The number of thiazole rings is 1. The Morgan fingerprint density at radius 1 is 1.50 bits per heavy atom. The third-order valence-corrected chi connectivity index (χ3v) is 2.57. The lowest BCUT2D eigenvalue weighted by atomic mass is 10.4. The van der Waals surface area contributed by atoms with Gasteiger partial charge in [0.2, 0.25) is 5.13 Å². The number of aryl methyl sites for hydroxylation is 1. The molecule has 0 unspecified atom stereocenters. The van der Waals surface area contributed by atoms with E-state index < -0.39 is 5.97 Å². The number of aromatic nitrogens is 1. The maximum absolute atomic E-state index is 11.6. The molecule has 0 amide bonds. The van der Waals surface area contributed by atoms with Crippen LogP contribution >= 0.6 is 11.3 Å². The van der Waals surface area contributed by atoms with Crippen molar-refractivity contribution in [2.24, 2.45) is 16.5 Å². The van der Waals surface area contributed by atoms with E-state index in [2.05, 4.69) is 9.98 Å². The number of carbonyl (C=O) groups is 1. The normalized spacial score (nSPS) is 10.2. The van der Waals surface area contributed by atoms with Crippen molar-refractivity contribution in [1.29, 1.82) is 0 Å². The fourth-order valence-corrected chi connectivity index (χ4v) is 1.84. The van der Waals surface area contributed by atoms with Crippen LogP contribution in [0.2, 0.25) is 0 Å². The number of ether oxygens (including phenoxy) is 1. The molecule has 0 aliphatic rings. The highest BCUT2D eigenvalue weighted by Crippen LogP contribution is 2.25. The molecule has 1 aromatic rings. The Labute approximate surface area is 97.3 Å². The lowest BCUT2D eigenvalue weighted by molar-refractivity contribution is 0.0382. The van der Waals surface area contributed by atoms with Crippen molar-refractivity contribution in [1.82, 2.24) is 4.98 Å². The SMILES string of the molecule is Cc1nc(N=C(N)N)sc1C(=O)OC(C)C. The van der Waals surface area contributed by atoms with E-state index in [0.29, 0.717) is 15.7 Å². The van der Waals surface area contributed by atoms with Crippen LogP contribution in [0.15, 0.2) is 4.99 Å². The number of guanidine groups is 1. The topological polar surface area (TPSA) is 104 Å². The highest BCUT2D eigenvalue weighted by Gasteiger charge is 2.17. The standard InChI is InChI=1S/C9H14N4O2S/c1-4(2)15-7(14)6-5(3)12-9(16-6)13-8(10)11/h4H,1-3H3,(H4,10,11,12,13). The van der Waals surface area contributed by atoms with Gasteiger partial charge in [-0.2, -0.15) is 4.99 Å².